The maximum absolute atomic E-state index is 12.5. The zero-order chi connectivity index (χ0) is 22.1. The summed E-state index contributed by atoms with van der Waals surface area (Å²) in [6.07, 6.45) is -0.318. The van der Waals surface area contributed by atoms with E-state index >= 15 is 0 Å². The first-order chi connectivity index (χ1) is 13.4. The van der Waals surface area contributed by atoms with Crippen molar-refractivity contribution in [3.05, 3.63) is 28.7 Å². The Morgan fingerprint density at radius 2 is 1.69 bits per heavy atom. The van der Waals surface area contributed by atoms with Gasteiger partial charge in [-0.05, 0) is 66.2 Å². The van der Waals surface area contributed by atoms with Crippen LogP contribution in [0.1, 0.15) is 48.0 Å². The highest BCUT2D eigenvalue weighted by Gasteiger charge is 2.22. The smallest absolute Gasteiger partial charge is 0.410 e. The highest BCUT2D eigenvalue weighted by atomic mass is 79.9. The van der Waals surface area contributed by atoms with Crippen LogP contribution in [-0.2, 0) is 9.47 Å². The third-order valence-electron chi connectivity index (χ3n) is 3.35. The fraction of sp³-hybridized carbons (Fsp3) is 0.619. The molecule has 0 aromatic heterocycles. The van der Waals surface area contributed by atoms with E-state index in [1.165, 1.54) is 0 Å². The SMILES string of the molecule is CC(C)(C)OC(=O)NCCCN(CCOc1cccc(Br)c1)C(=O)OC(C)(C)C. The van der Waals surface area contributed by atoms with E-state index < -0.39 is 23.4 Å². The highest BCUT2D eigenvalue weighted by Crippen LogP contribution is 2.18. The first-order valence-corrected chi connectivity index (χ1v) is 10.5. The molecule has 0 spiro atoms. The molecule has 0 saturated heterocycles. The normalized spacial score (nSPS) is 11.6. The number of carbonyl (C=O) groups is 2. The van der Waals surface area contributed by atoms with E-state index in [-0.39, 0.29) is 0 Å². The minimum atomic E-state index is -0.588. The number of carbonyl (C=O) groups excluding carboxylic acids is 2. The van der Waals surface area contributed by atoms with Gasteiger partial charge in [-0.25, -0.2) is 9.59 Å². The lowest BCUT2D eigenvalue weighted by Crippen LogP contribution is -2.41. The van der Waals surface area contributed by atoms with Gasteiger partial charge >= 0.3 is 12.2 Å². The average molecular weight is 473 g/mol. The maximum atomic E-state index is 12.5. The Bertz CT molecular complexity index is 668. The fourth-order valence-electron chi connectivity index (χ4n) is 2.23. The van der Waals surface area contributed by atoms with E-state index in [1.807, 2.05) is 65.8 Å². The minimum Gasteiger partial charge on any atom is -0.492 e. The lowest BCUT2D eigenvalue weighted by atomic mass is 10.2. The Morgan fingerprint density at radius 3 is 2.28 bits per heavy atom. The Morgan fingerprint density at radius 1 is 1.03 bits per heavy atom. The summed E-state index contributed by atoms with van der Waals surface area (Å²) in [6.45, 7) is 12.4. The molecule has 1 aromatic carbocycles. The van der Waals surface area contributed by atoms with Crippen molar-refractivity contribution in [1.82, 2.24) is 10.2 Å². The Labute approximate surface area is 182 Å². The van der Waals surface area contributed by atoms with Crippen LogP contribution in [0, 0.1) is 0 Å². The molecular weight excluding hydrogens is 440 g/mol. The van der Waals surface area contributed by atoms with E-state index in [0.29, 0.717) is 32.7 Å². The van der Waals surface area contributed by atoms with Gasteiger partial charge in [0, 0.05) is 17.6 Å². The number of halogens is 1. The van der Waals surface area contributed by atoms with Crippen molar-refractivity contribution in [3.63, 3.8) is 0 Å². The molecule has 0 aliphatic heterocycles. The van der Waals surface area contributed by atoms with Crippen LogP contribution in [0.2, 0.25) is 0 Å². The van der Waals surface area contributed by atoms with Crippen LogP contribution in [0.4, 0.5) is 9.59 Å². The third kappa shape index (κ3) is 12.3. The molecule has 1 aromatic rings. The zero-order valence-corrected chi connectivity index (χ0v) is 19.8. The van der Waals surface area contributed by atoms with Crippen LogP contribution < -0.4 is 10.1 Å². The molecule has 0 unspecified atom stereocenters. The first kappa shape index (κ1) is 25.1. The Hall–Kier alpha value is -1.96. The van der Waals surface area contributed by atoms with Gasteiger partial charge in [-0.3, -0.25) is 0 Å². The Kier molecular flexibility index (Phi) is 9.76. The lowest BCUT2D eigenvalue weighted by molar-refractivity contribution is 0.0224. The monoisotopic (exact) mass is 472 g/mol. The molecule has 7 nitrogen and oxygen atoms in total. The second-order valence-corrected chi connectivity index (χ2v) is 9.47. The lowest BCUT2D eigenvalue weighted by Gasteiger charge is -2.27. The van der Waals surface area contributed by atoms with Crippen molar-refractivity contribution in [2.45, 2.75) is 59.2 Å². The highest BCUT2D eigenvalue weighted by molar-refractivity contribution is 9.10. The molecule has 0 heterocycles. The number of rotatable bonds is 8. The number of nitrogens with one attached hydrogen (secondary N) is 1. The van der Waals surface area contributed by atoms with Crippen molar-refractivity contribution in [1.29, 1.82) is 0 Å². The molecule has 0 radical (unpaired) electrons. The quantitative estimate of drug-likeness (QED) is 0.539. The molecule has 1 rings (SSSR count). The van der Waals surface area contributed by atoms with Gasteiger partial charge < -0.3 is 24.4 Å². The van der Waals surface area contributed by atoms with Crippen molar-refractivity contribution >= 4 is 28.1 Å². The molecule has 0 aliphatic rings. The van der Waals surface area contributed by atoms with Gasteiger partial charge in [0.25, 0.3) is 0 Å². The second kappa shape index (κ2) is 11.3. The van der Waals surface area contributed by atoms with E-state index in [4.69, 9.17) is 14.2 Å². The van der Waals surface area contributed by atoms with E-state index in [2.05, 4.69) is 21.2 Å². The fourth-order valence-corrected chi connectivity index (χ4v) is 2.60. The molecular formula is C21H33BrN2O5. The number of hydrogen-bond acceptors (Lipinski definition) is 5. The summed E-state index contributed by atoms with van der Waals surface area (Å²) >= 11 is 3.40. The summed E-state index contributed by atoms with van der Waals surface area (Å²) in [6, 6.07) is 7.51. The number of alkyl carbamates (subject to hydrolysis) is 1. The number of hydrogen-bond donors (Lipinski definition) is 1. The maximum Gasteiger partial charge on any atom is 0.410 e. The molecule has 1 N–H and O–H groups in total. The van der Waals surface area contributed by atoms with Gasteiger partial charge in [-0.1, -0.05) is 22.0 Å². The molecule has 0 atom stereocenters. The third-order valence-corrected chi connectivity index (χ3v) is 3.84. The van der Waals surface area contributed by atoms with Crippen LogP contribution in [-0.4, -0.2) is 54.5 Å². The van der Waals surface area contributed by atoms with Crippen LogP contribution >= 0.6 is 15.9 Å². The summed E-state index contributed by atoms with van der Waals surface area (Å²) < 4.78 is 17.3. The van der Waals surface area contributed by atoms with E-state index in [1.54, 1.807) is 4.90 Å². The van der Waals surface area contributed by atoms with Gasteiger partial charge in [0.05, 0.1) is 6.54 Å². The predicted molar refractivity (Wildman–Crippen MR) is 116 cm³/mol. The average Bonchev–Trinajstić information content (AvgIpc) is 2.53. The molecule has 164 valence electrons. The zero-order valence-electron chi connectivity index (χ0n) is 18.2. The van der Waals surface area contributed by atoms with Crippen LogP contribution in [0.3, 0.4) is 0 Å². The summed E-state index contributed by atoms with van der Waals surface area (Å²) in [4.78, 5) is 25.8. The minimum absolute atomic E-state index is 0.329. The second-order valence-electron chi connectivity index (χ2n) is 8.56. The van der Waals surface area contributed by atoms with Crippen LogP contribution in [0.15, 0.2) is 28.7 Å². The van der Waals surface area contributed by atoms with Gasteiger partial charge in [-0.2, -0.15) is 0 Å². The van der Waals surface area contributed by atoms with Gasteiger partial charge in [0.2, 0.25) is 0 Å². The van der Waals surface area contributed by atoms with Crippen molar-refractivity contribution in [2.75, 3.05) is 26.2 Å². The molecule has 0 bridgehead atoms. The van der Waals surface area contributed by atoms with E-state index in [0.717, 1.165) is 10.2 Å². The van der Waals surface area contributed by atoms with Gasteiger partial charge in [0.15, 0.2) is 0 Å². The number of nitrogens with zero attached hydrogens (tertiary/aromatic N) is 1. The summed E-state index contributed by atoms with van der Waals surface area (Å²) in [5, 5.41) is 2.69. The summed E-state index contributed by atoms with van der Waals surface area (Å²) in [5.41, 5.74) is -1.13. The number of benzene rings is 1. The summed E-state index contributed by atoms with van der Waals surface area (Å²) in [5.74, 6) is 0.718. The first-order valence-electron chi connectivity index (χ1n) is 9.69. The van der Waals surface area contributed by atoms with Crippen LogP contribution in [0.25, 0.3) is 0 Å². The number of ether oxygens (including phenoxy) is 3. The number of amides is 2. The van der Waals surface area contributed by atoms with Crippen LogP contribution in [0.5, 0.6) is 5.75 Å². The molecule has 0 saturated carbocycles. The Balaban J connectivity index is 2.52. The largest absolute Gasteiger partial charge is 0.492 e. The molecule has 29 heavy (non-hydrogen) atoms. The molecule has 0 aliphatic carbocycles. The standard InChI is InChI=1S/C21H33BrN2O5/c1-20(2,3)28-18(25)23-11-8-12-24(19(26)29-21(4,5)6)13-14-27-17-10-7-9-16(22)15-17/h7,9-10,15H,8,11-14H2,1-6H3,(H,23,25). The summed E-state index contributed by atoms with van der Waals surface area (Å²) in [7, 11) is 0. The van der Waals surface area contributed by atoms with Gasteiger partial charge in [-0.15, -0.1) is 0 Å². The van der Waals surface area contributed by atoms with Crippen molar-refractivity contribution in [2.24, 2.45) is 0 Å². The van der Waals surface area contributed by atoms with Crippen molar-refractivity contribution < 1.29 is 23.8 Å². The predicted octanol–water partition coefficient (Wildman–Crippen LogP) is 4.98. The van der Waals surface area contributed by atoms with Gasteiger partial charge in [0.1, 0.15) is 23.6 Å². The van der Waals surface area contributed by atoms with E-state index in [9.17, 15) is 9.59 Å². The molecule has 8 heteroatoms. The topological polar surface area (TPSA) is 77.1 Å². The van der Waals surface area contributed by atoms with Crippen molar-refractivity contribution in [3.8, 4) is 5.75 Å². The molecule has 0 fully saturated rings. The molecule has 2 amide bonds.